The molecule has 178 valence electrons. The number of hydrogen-bond donors (Lipinski definition) is 1. The number of thiophene rings is 1. The summed E-state index contributed by atoms with van der Waals surface area (Å²) in [6.45, 7) is 11.1. The Kier molecular flexibility index (Phi) is 8.14. The Morgan fingerprint density at radius 1 is 1.03 bits per heavy atom. The van der Waals surface area contributed by atoms with Crippen molar-refractivity contribution in [2.45, 2.75) is 40.2 Å². The molecule has 2 heterocycles. The Labute approximate surface area is 206 Å². The largest absolute Gasteiger partial charge is 0.494 e. The second kappa shape index (κ2) is 11.4. The van der Waals surface area contributed by atoms with E-state index in [1.54, 1.807) is 11.3 Å². The van der Waals surface area contributed by atoms with Crippen LogP contribution in [-0.4, -0.2) is 46.4 Å². The third kappa shape index (κ3) is 5.75. The van der Waals surface area contributed by atoms with E-state index in [2.05, 4.69) is 53.6 Å². The van der Waals surface area contributed by atoms with Crippen LogP contribution >= 0.6 is 11.3 Å². The molecular formula is C28H34N4OS. The average Bonchev–Trinajstić information content (AvgIpc) is 3.50. The zero-order valence-electron chi connectivity index (χ0n) is 20.4. The lowest BCUT2D eigenvalue weighted by Gasteiger charge is -2.19. The lowest BCUT2D eigenvalue weighted by atomic mass is 10.1. The molecule has 0 fully saturated rings. The van der Waals surface area contributed by atoms with E-state index in [-0.39, 0.29) is 0 Å². The maximum Gasteiger partial charge on any atom is 0.119 e. The summed E-state index contributed by atoms with van der Waals surface area (Å²) >= 11 is 1.63. The zero-order valence-corrected chi connectivity index (χ0v) is 21.2. The Balaban J connectivity index is 1.64. The molecule has 0 atom stereocenters. The van der Waals surface area contributed by atoms with Crippen LogP contribution in [-0.2, 0) is 19.4 Å². The fourth-order valence-corrected chi connectivity index (χ4v) is 4.96. The van der Waals surface area contributed by atoms with Gasteiger partial charge < -0.3 is 19.6 Å². The van der Waals surface area contributed by atoms with Gasteiger partial charge in [0.2, 0.25) is 0 Å². The summed E-state index contributed by atoms with van der Waals surface area (Å²) in [5, 5.41) is 10.5. The number of imidazole rings is 1. The van der Waals surface area contributed by atoms with E-state index in [1.165, 1.54) is 5.56 Å². The van der Waals surface area contributed by atoms with Crippen molar-refractivity contribution >= 4 is 28.1 Å². The monoisotopic (exact) mass is 474 g/mol. The predicted molar refractivity (Wildman–Crippen MR) is 143 cm³/mol. The minimum absolute atomic E-state index is 0.631. The number of likely N-dealkylation sites (N-methyl/N-ethyl adjacent to an activating group) is 1. The first-order valence-electron chi connectivity index (χ1n) is 12.1. The normalized spacial score (nSPS) is 11.4. The smallest absolute Gasteiger partial charge is 0.119 e. The molecule has 34 heavy (non-hydrogen) atoms. The molecule has 0 radical (unpaired) electrons. The zero-order chi connectivity index (χ0) is 23.9. The molecule has 4 aromatic rings. The number of nitrogens with one attached hydrogen (secondary N) is 1. The van der Waals surface area contributed by atoms with Gasteiger partial charge in [-0.15, -0.1) is 11.3 Å². The van der Waals surface area contributed by atoms with Crippen molar-refractivity contribution in [1.29, 1.82) is 5.41 Å². The standard InChI is InChI=1S/C28H34N4OS/c1-4-31(5-2)15-16-32-26-19-22(18-24(29)27-8-7-17-34-27)11-14-25(26)30-28(32)20-21-9-12-23(13-10-21)33-6-3/h7-14,17,19,29H,4-6,15-16,18,20H2,1-3H3. The van der Waals surface area contributed by atoms with Crippen molar-refractivity contribution in [3.05, 3.63) is 81.8 Å². The molecule has 0 saturated carbocycles. The second-order valence-corrected chi connectivity index (χ2v) is 9.36. The van der Waals surface area contributed by atoms with Gasteiger partial charge in [0.15, 0.2) is 0 Å². The van der Waals surface area contributed by atoms with Crippen LogP contribution in [0, 0.1) is 5.41 Å². The molecule has 0 saturated heterocycles. The maximum atomic E-state index is 8.50. The molecule has 0 spiro atoms. The molecule has 0 aliphatic carbocycles. The van der Waals surface area contributed by atoms with Crippen molar-refractivity contribution in [2.24, 2.45) is 0 Å². The summed E-state index contributed by atoms with van der Waals surface area (Å²) in [4.78, 5) is 8.51. The van der Waals surface area contributed by atoms with Crippen molar-refractivity contribution in [3.63, 3.8) is 0 Å². The van der Waals surface area contributed by atoms with Gasteiger partial charge in [0.05, 0.1) is 23.4 Å². The molecular weight excluding hydrogens is 440 g/mol. The number of nitrogens with zero attached hydrogens (tertiary/aromatic N) is 3. The first kappa shape index (κ1) is 24.2. The number of hydrogen-bond acceptors (Lipinski definition) is 5. The van der Waals surface area contributed by atoms with Crippen molar-refractivity contribution in [2.75, 3.05) is 26.2 Å². The lowest BCUT2D eigenvalue weighted by Crippen LogP contribution is -2.27. The van der Waals surface area contributed by atoms with Gasteiger partial charge in [-0.25, -0.2) is 4.98 Å². The van der Waals surface area contributed by atoms with E-state index >= 15 is 0 Å². The number of rotatable bonds is 12. The highest BCUT2D eigenvalue weighted by Crippen LogP contribution is 2.23. The molecule has 0 aliphatic rings. The molecule has 0 amide bonds. The quantitative estimate of drug-likeness (QED) is 0.255. The maximum absolute atomic E-state index is 8.50. The minimum atomic E-state index is 0.631. The SMILES string of the molecule is CCOc1ccc(Cc2nc3ccc(CC(=N)c4cccs4)cc3n2CCN(CC)CC)cc1. The molecule has 5 nitrogen and oxygen atoms in total. The van der Waals surface area contributed by atoms with Crippen LogP contribution in [0.4, 0.5) is 0 Å². The van der Waals surface area contributed by atoms with E-state index < -0.39 is 0 Å². The third-order valence-electron chi connectivity index (χ3n) is 6.22. The first-order valence-corrected chi connectivity index (χ1v) is 13.0. The van der Waals surface area contributed by atoms with Crippen LogP contribution in [0.1, 0.15) is 42.6 Å². The minimum Gasteiger partial charge on any atom is -0.494 e. The van der Waals surface area contributed by atoms with E-state index in [1.807, 2.05) is 36.6 Å². The Morgan fingerprint density at radius 2 is 1.79 bits per heavy atom. The molecule has 1 N–H and O–H groups in total. The molecule has 2 aromatic carbocycles. The number of aromatic nitrogens is 2. The van der Waals surface area contributed by atoms with E-state index in [0.29, 0.717) is 18.7 Å². The van der Waals surface area contributed by atoms with Crippen molar-refractivity contribution < 1.29 is 4.74 Å². The van der Waals surface area contributed by atoms with Crippen LogP contribution in [0.25, 0.3) is 11.0 Å². The van der Waals surface area contributed by atoms with Gasteiger partial charge >= 0.3 is 0 Å². The highest BCUT2D eigenvalue weighted by atomic mass is 32.1. The van der Waals surface area contributed by atoms with E-state index in [0.717, 1.165) is 65.6 Å². The summed E-state index contributed by atoms with van der Waals surface area (Å²) in [5.41, 5.74) is 5.22. The third-order valence-corrected chi connectivity index (χ3v) is 7.15. The topological polar surface area (TPSA) is 54.1 Å². The highest BCUT2D eigenvalue weighted by Gasteiger charge is 2.14. The highest BCUT2D eigenvalue weighted by molar-refractivity contribution is 7.12. The molecule has 2 aromatic heterocycles. The molecule has 0 aliphatic heterocycles. The van der Waals surface area contributed by atoms with Gasteiger partial charge in [-0.1, -0.05) is 38.1 Å². The summed E-state index contributed by atoms with van der Waals surface area (Å²) < 4.78 is 7.98. The van der Waals surface area contributed by atoms with E-state index in [9.17, 15) is 0 Å². The van der Waals surface area contributed by atoms with E-state index in [4.69, 9.17) is 15.1 Å². The summed E-state index contributed by atoms with van der Waals surface area (Å²) in [6, 6.07) is 18.8. The molecule has 6 heteroatoms. The lowest BCUT2D eigenvalue weighted by molar-refractivity contribution is 0.291. The second-order valence-electron chi connectivity index (χ2n) is 8.42. The fourth-order valence-electron chi connectivity index (χ4n) is 4.29. The van der Waals surface area contributed by atoms with Crippen LogP contribution in [0.2, 0.25) is 0 Å². The molecule has 0 unspecified atom stereocenters. The Hall–Kier alpha value is -2.96. The molecule has 4 rings (SSSR count). The number of fused-ring (bicyclic) bond motifs is 1. The summed E-state index contributed by atoms with van der Waals surface area (Å²) in [7, 11) is 0. The molecule has 0 bridgehead atoms. The number of benzene rings is 2. The Bertz CT molecular complexity index is 1210. The van der Waals surface area contributed by atoms with Crippen molar-refractivity contribution in [3.8, 4) is 5.75 Å². The van der Waals surface area contributed by atoms with Crippen molar-refractivity contribution in [1.82, 2.24) is 14.5 Å². The van der Waals surface area contributed by atoms with Crippen LogP contribution in [0.15, 0.2) is 60.0 Å². The predicted octanol–water partition coefficient (Wildman–Crippen LogP) is 6.04. The van der Waals surface area contributed by atoms with Gasteiger partial charge in [0.25, 0.3) is 0 Å². The van der Waals surface area contributed by atoms with Crippen LogP contribution < -0.4 is 4.74 Å². The van der Waals surface area contributed by atoms with Gasteiger partial charge in [0.1, 0.15) is 11.6 Å². The fraction of sp³-hybridized carbons (Fsp3) is 0.357. The summed E-state index contributed by atoms with van der Waals surface area (Å²) in [6.07, 6.45) is 1.41. The Morgan fingerprint density at radius 3 is 2.47 bits per heavy atom. The van der Waals surface area contributed by atoms with Crippen LogP contribution in [0.5, 0.6) is 5.75 Å². The van der Waals surface area contributed by atoms with Crippen LogP contribution in [0.3, 0.4) is 0 Å². The van der Waals surface area contributed by atoms with Gasteiger partial charge in [-0.05, 0) is 66.9 Å². The summed E-state index contributed by atoms with van der Waals surface area (Å²) in [5.74, 6) is 1.98. The first-order chi connectivity index (χ1) is 16.6. The van der Waals surface area contributed by atoms with Gasteiger partial charge in [0, 0.05) is 30.8 Å². The van der Waals surface area contributed by atoms with Gasteiger partial charge in [-0.3, -0.25) is 0 Å². The van der Waals surface area contributed by atoms with Gasteiger partial charge in [-0.2, -0.15) is 0 Å². The average molecular weight is 475 g/mol. The number of ether oxygens (including phenoxy) is 1.